The Morgan fingerprint density at radius 2 is 2.00 bits per heavy atom. The average Bonchev–Trinajstić information content (AvgIpc) is 1.87. The van der Waals surface area contributed by atoms with Crippen LogP contribution in [0.4, 0.5) is 0 Å². The van der Waals surface area contributed by atoms with E-state index in [9.17, 15) is 0 Å². The van der Waals surface area contributed by atoms with Crippen molar-refractivity contribution in [1.82, 2.24) is 0 Å². The van der Waals surface area contributed by atoms with Crippen LogP contribution in [0.2, 0.25) is 0 Å². The number of hydrogen-bond donors (Lipinski definition) is 2. The highest BCUT2D eigenvalue weighted by Crippen LogP contribution is 2.01. The Morgan fingerprint density at radius 3 is 2.50 bits per heavy atom. The molecular formula is C8H16O2. The van der Waals surface area contributed by atoms with Gasteiger partial charge in [-0.3, -0.25) is 0 Å². The third kappa shape index (κ3) is 7.50. The van der Waals surface area contributed by atoms with E-state index in [4.69, 9.17) is 10.2 Å². The Hall–Kier alpha value is -0.500. The van der Waals surface area contributed by atoms with E-state index in [1.807, 2.05) is 0 Å². The van der Waals surface area contributed by atoms with Crippen LogP contribution in [-0.4, -0.2) is 16.8 Å². The van der Waals surface area contributed by atoms with Gasteiger partial charge in [-0.25, -0.2) is 0 Å². The van der Waals surface area contributed by atoms with Crippen LogP contribution in [0.1, 0.15) is 32.6 Å². The zero-order chi connectivity index (χ0) is 7.82. The number of aliphatic hydroxyl groups is 2. The monoisotopic (exact) mass is 144 g/mol. The van der Waals surface area contributed by atoms with Crippen molar-refractivity contribution in [2.75, 3.05) is 6.61 Å². The van der Waals surface area contributed by atoms with Crippen LogP contribution in [0.25, 0.3) is 0 Å². The summed E-state index contributed by atoms with van der Waals surface area (Å²) in [7, 11) is 0. The molecule has 0 atom stereocenters. The van der Waals surface area contributed by atoms with Crippen molar-refractivity contribution in [1.29, 1.82) is 0 Å². The largest absolute Gasteiger partial charge is 0.513 e. The van der Waals surface area contributed by atoms with Gasteiger partial charge in [0.05, 0.1) is 5.76 Å². The molecule has 0 amide bonds. The van der Waals surface area contributed by atoms with Crippen LogP contribution in [-0.2, 0) is 0 Å². The maximum atomic E-state index is 8.72. The van der Waals surface area contributed by atoms with Crippen molar-refractivity contribution < 1.29 is 10.2 Å². The molecule has 0 aliphatic rings. The summed E-state index contributed by atoms with van der Waals surface area (Å²) in [4.78, 5) is 0. The molecular weight excluding hydrogens is 128 g/mol. The third-order valence-electron chi connectivity index (χ3n) is 1.30. The third-order valence-corrected chi connectivity index (χ3v) is 1.30. The molecule has 2 heteroatoms. The Kier molecular flexibility index (Phi) is 6.29. The summed E-state index contributed by atoms with van der Waals surface area (Å²) in [6.07, 6.45) is 5.69. The molecule has 0 spiro atoms. The minimum absolute atomic E-state index is 0.280. The van der Waals surface area contributed by atoms with Crippen LogP contribution in [0.15, 0.2) is 11.8 Å². The number of allylic oxidation sites excluding steroid dienone is 2. The summed E-state index contributed by atoms with van der Waals surface area (Å²) in [5.74, 6) is 0.393. The molecule has 0 radical (unpaired) electrons. The molecule has 60 valence electrons. The van der Waals surface area contributed by atoms with E-state index in [0.29, 0.717) is 5.76 Å². The number of aliphatic hydroxyl groups excluding tert-OH is 2. The molecule has 0 heterocycles. The summed E-state index contributed by atoms with van der Waals surface area (Å²) < 4.78 is 0. The molecule has 2 N–H and O–H groups in total. The minimum atomic E-state index is 0.280. The van der Waals surface area contributed by atoms with Crippen molar-refractivity contribution in [3.05, 3.63) is 11.8 Å². The number of hydrogen-bond acceptors (Lipinski definition) is 2. The standard InChI is InChI=1S/C8H16O2/c1-8(10)6-4-2-3-5-7-9/h6,9-10H,2-5,7H2,1H3. The Balaban J connectivity index is 2.98. The van der Waals surface area contributed by atoms with Gasteiger partial charge in [0.2, 0.25) is 0 Å². The van der Waals surface area contributed by atoms with E-state index in [1.54, 1.807) is 13.0 Å². The second-order valence-corrected chi connectivity index (χ2v) is 2.42. The fourth-order valence-electron chi connectivity index (χ4n) is 0.744. The quantitative estimate of drug-likeness (QED) is 0.457. The Bertz CT molecular complexity index is 93.4. The molecule has 10 heavy (non-hydrogen) atoms. The molecule has 0 fully saturated rings. The molecule has 0 saturated heterocycles. The maximum absolute atomic E-state index is 8.72. The summed E-state index contributed by atoms with van der Waals surface area (Å²) in [5.41, 5.74) is 0. The van der Waals surface area contributed by atoms with Crippen LogP contribution < -0.4 is 0 Å². The molecule has 0 aliphatic carbocycles. The molecule has 2 nitrogen and oxygen atoms in total. The van der Waals surface area contributed by atoms with Gasteiger partial charge in [-0.15, -0.1) is 0 Å². The second-order valence-electron chi connectivity index (χ2n) is 2.42. The first-order valence-corrected chi connectivity index (χ1v) is 3.74. The molecule has 0 aromatic carbocycles. The van der Waals surface area contributed by atoms with Gasteiger partial charge < -0.3 is 10.2 Å². The lowest BCUT2D eigenvalue weighted by Crippen LogP contribution is -1.82. The van der Waals surface area contributed by atoms with E-state index < -0.39 is 0 Å². The van der Waals surface area contributed by atoms with Gasteiger partial charge in [-0.05, 0) is 32.3 Å². The highest BCUT2D eigenvalue weighted by Gasteiger charge is 1.85. The van der Waals surface area contributed by atoms with Crippen LogP contribution in [0.3, 0.4) is 0 Å². The average molecular weight is 144 g/mol. The Labute approximate surface area is 62.2 Å². The van der Waals surface area contributed by atoms with Crippen LogP contribution in [0, 0.1) is 0 Å². The van der Waals surface area contributed by atoms with Gasteiger partial charge in [0.25, 0.3) is 0 Å². The zero-order valence-electron chi connectivity index (χ0n) is 6.51. The van der Waals surface area contributed by atoms with Crippen molar-refractivity contribution in [3.8, 4) is 0 Å². The second kappa shape index (κ2) is 6.62. The molecule has 0 aliphatic heterocycles. The predicted molar refractivity (Wildman–Crippen MR) is 41.9 cm³/mol. The fourth-order valence-corrected chi connectivity index (χ4v) is 0.744. The molecule has 0 unspecified atom stereocenters. The van der Waals surface area contributed by atoms with Gasteiger partial charge in [-0.1, -0.05) is 6.42 Å². The lowest BCUT2D eigenvalue weighted by Gasteiger charge is -1.93. The lowest BCUT2D eigenvalue weighted by atomic mass is 10.2. The number of unbranched alkanes of at least 4 members (excludes halogenated alkanes) is 3. The van der Waals surface area contributed by atoms with Crippen molar-refractivity contribution in [3.63, 3.8) is 0 Å². The van der Waals surface area contributed by atoms with E-state index in [2.05, 4.69) is 0 Å². The summed E-state index contributed by atoms with van der Waals surface area (Å²) in [6, 6.07) is 0. The minimum Gasteiger partial charge on any atom is -0.513 e. The van der Waals surface area contributed by atoms with Gasteiger partial charge in [0, 0.05) is 6.61 Å². The number of rotatable bonds is 5. The van der Waals surface area contributed by atoms with Gasteiger partial charge in [0.1, 0.15) is 0 Å². The highest BCUT2D eigenvalue weighted by atomic mass is 16.3. The smallest absolute Gasteiger partial charge is 0.0851 e. The summed E-state index contributed by atoms with van der Waals surface area (Å²) >= 11 is 0. The van der Waals surface area contributed by atoms with E-state index in [0.717, 1.165) is 25.7 Å². The summed E-state index contributed by atoms with van der Waals surface area (Å²) in [5, 5.41) is 17.1. The van der Waals surface area contributed by atoms with Gasteiger partial charge in [-0.2, -0.15) is 0 Å². The van der Waals surface area contributed by atoms with E-state index >= 15 is 0 Å². The topological polar surface area (TPSA) is 40.5 Å². The predicted octanol–water partition coefficient (Wildman–Crippen LogP) is 2.00. The first kappa shape index (κ1) is 9.50. The first-order chi connectivity index (χ1) is 4.77. The van der Waals surface area contributed by atoms with Crippen LogP contribution >= 0.6 is 0 Å². The first-order valence-electron chi connectivity index (χ1n) is 3.74. The van der Waals surface area contributed by atoms with Crippen LogP contribution in [0.5, 0.6) is 0 Å². The maximum Gasteiger partial charge on any atom is 0.0851 e. The lowest BCUT2D eigenvalue weighted by molar-refractivity contribution is 0.283. The van der Waals surface area contributed by atoms with Crippen molar-refractivity contribution in [2.45, 2.75) is 32.6 Å². The summed E-state index contributed by atoms with van der Waals surface area (Å²) in [6.45, 7) is 1.95. The van der Waals surface area contributed by atoms with Gasteiger partial charge in [0.15, 0.2) is 0 Å². The fraction of sp³-hybridized carbons (Fsp3) is 0.750. The molecule has 0 aromatic heterocycles. The van der Waals surface area contributed by atoms with Crippen molar-refractivity contribution in [2.24, 2.45) is 0 Å². The van der Waals surface area contributed by atoms with Gasteiger partial charge >= 0.3 is 0 Å². The molecule has 0 rings (SSSR count). The molecule has 0 bridgehead atoms. The SMILES string of the molecule is CC(O)=CCCCCCO. The highest BCUT2D eigenvalue weighted by molar-refractivity contribution is 4.84. The van der Waals surface area contributed by atoms with E-state index in [1.165, 1.54) is 0 Å². The Morgan fingerprint density at radius 1 is 1.30 bits per heavy atom. The molecule has 0 saturated carbocycles. The van der Waals surface area contributed by atoms with Crippen molar-refractivity contribution >= 4 is 0 Å². The molecule has 0 aromatic rings. The van der Waals surface area contributed by atoms with E-state index in [-0.39, 0.29) is 6.61 Å². The zero-order valence-corrected chi connectivity index (χ0v) is 6.51. The normalized spacial score (nSPS) is 12.0.